The zero-order valence-corrected chi connectivity index (χ0v) is 10.3. The molecule has 0 saturated carbocycles. The molecular weight excluding hydrogens is 254 g/mol. The van der Waals surface area contributed by atoms with E-state index in [1.54, 1.807) is 24.3 Å². The summed E-state index contributed by atoms with van der Waals surface area (Å²) < 4.78 is 6.51. The summed E-state index contributed by atoms with van der Waals surface area (Å²) in [5.74, 6) is 0.541. The monoisotopic (exact) mass is 263 g/mol. The Bertz CT molecular complexity index is 649. The fourth-order valence-corrected chi connectivity index (χ4v) is 1.84. The minimum Gasteiger partial charge on any atom is -0.495 e. The molecule has 0 aliphatic carbocycles. The van der Waals surface area contributed by atoms with Crippen LogP contribution in [-0.2, 0) is 0 Å². The lowest BCUT2D eigenvalue weighted by Gasteiger charge is -2.11. The SMILES string of the molecule is COc1ccccc1-n1ccc(Cl)c(C=O)c1=O. The molecule has 18 heavy (non-hydrogen) atoms. The Morgan fingerprint density at radius 1 is 1.28 bits per heavy atom. The predicted molar refractivity (Wildman–Crippen MR) is 69.0 cm³/mol. The van der Waals surface area contributed by atoms with Gasteiger partial charge >= 0.3 is 0 Å². The number of aldehydes is 1. The van der Waals surface area contributed by atoms with Crippen LogP contribution in [0.1, 0.15) is 10.4 Å². The number of halogens is 1. The van der Waals surface area contributed by atoms with E-state index in [2.05, 4.69) is 0 Å². The summed E-state index contributed by atoms with van der Waals surface area (Å²) in [5, 5.41) is 0.140. The molecular formula is C13H10ClNO3. The number of hydrogen-bond donors (Lipinski definition) is 0. The molecule has 2 aromatic rings. The first-order chi connectivity index (χ1) is 8.69. The lowest BCUT2D eigenvalue weighted by molar-refractivity contribution is 0.112. The van der Waals surface area contributed by atoms with Crippen molar-refractivity contribution in [2.45, 2.75) is 0 Å². The van der Waals surface area contributed by atoms with E-state index in [1.807, 2.05) is 0 Å². The van der Waals surface area contributed by atoms with Gasteiger partial charge in [0.2, 0.25) is 0 Å². The zero-order valence-electron chi connectivity index (χ0n) is 9.59. The van der Waals surface area contributed by atoms with Gasteiger partial charge < -0.3 is 4.74 Å². The van der Waals surface area contributed by atoms with Gasteiger partial charge in [0.25, 0.3) is 5.56 Å². The molecule has 0 saturated heterocycles. The maximum absolute atomic E-state index is 12.1. The van der Waals surface area contributed by atoms with E-state index in [9.17, 15) is 9.59 Å². The van der Waals surface area contributed by atoms with Crippen LogP contribution in [0.5, 0.6) is 5.75 Å². The second-order valence-corrected chi connectivity index (χ2v) is 3.95. The van der Waals surface area contributed by atoms with Crippen molar-refractivity contribution in [2.24, 2.45) is 0 Å². The van der Waals surface area contributed by atoms with Crippen molar-refractivity contribution in [2.75, 3.05) is 7.11 Å². The minimum absolute atomic E-state index is 0.0647. The average Bonchev–Trinajstić information content (AvgIpc) is 2.39. The highest BCUT2D eigenvalue weighted by molar-refractivity contribution is 6.32. The summed E-state index contributed by atoms with van der Waals surface area (Å²) in [7, 11) is 1.51. The van der Waals surface area contributed by atoms with Crippen LogP contribution in [0, 0.1) is 0 Å². The molecule has 2 rings (SSSR count). The van der Waals surface area contributed by atoms with Crippen LogP contribution < -0.4 is 10.3 Å². The van der Waals surface area contributed by atoms with Gasteiger partial charge in [-0.1, -0.05) is 23.7 Å². The highest BCUT2D eigenvalue weighted by Gasteiger charge is 2.11. The van der Waals surface area contributed by atoms with Crippen molar-refractivity contribution >= 4 is 17.9 Å². The molecule has 4 nitrogen and oxygen atoms in total. The molecule has 92 valence electrons. The number of carbonyl (C=O) groups is 1. The Kier molecular flexibility index (Phi) is 3.48. The number of nitrogens with zero attached hydrogens (tertiary/aromatic N) is 1. The number of benzene rings is 1. The highest BCUT2D eigenvalue weighted by Crippen LogP contribution is 2.21. The summed E-state index contributed by atoms with van der Waals surface area (Å²) in [5.41, 5.74) is 0.0249. The van der Waals surface area contributed by atoms with Gasteiger partial charge in [-0.3, -0.25) is 14.2 Å². The molecule has 0 aliphatic rings. The molecule has 0 aliphatic heterocycles. The molecule has 1 aromatic carbocycles. The highest BCUT2D eigenvalue weighted by atomic mass is 35.5. The second kappa shape index (κ2) is 5.06. The number of carbonyl (C=O) groups excluding carboxylic acids is 1. The van der Waals surface area contributed by atoms with Crippen molar-refractivity contribution < 1.29 is 9.53 Å². The van der Waals surface area contributed by atoms with Gasteiger partial charge in [-0.15, -0.1) is 0 Å². The molecule has 5 heteroatoms. The van der Waals surface area contributed by atoms with Crippen molar-refractivity contribution in [3.63, 3.8) is 0 Å². The van der Waals surface area contributed by atoms with Crippen LogP contribution in [0.2, 0.25) is 5.02 Å². The van der Waals surface area contributed by atoms with Gasteiger partial charge in [0.15, 0.2) is 6.29 Å². The van der Waals surface area contributed by atoms with Gasteiger partial charge in [0, 0.05) is 6.20 Å². The Morgan fingerprint density at radius 3 is 2.67 bits per heavy atom. The molecule has 1 aromatic heterocycles. The van der Waals surface area contributed by atoms with E-state index in [1.165, 1.54) is 23.9 Å². The first kappa shape index (κ1) is 12.4. The third kappa shape index (κ3) is 2.02. The number of hydrogen-bond acceptors (Lipinski definition) is 3. The van der Waals surface area contributed by atoms with Crippen molar-refractivity contribution in [1.82, 2.24) is 4.57 Å². The van der Waals surface area contributed by atoms with Crippen molar-refractivity contribution in [1.29, 1.82) is 0 Å². The van der Waals surface area contributed by atoms with Gasteiger partial charge in [-0.05, 0) is 18.2 Å². The largest absolute Gasteiger partial charge is 0.495 e. The number of aromatic nitrogens is 1. The number of ether oxygens (including phenoxy) is 1. The first-order valence-electron chi connectivity index (χ1n) is 5.18. The molecule has 0 bridgehead atoms. The van der Waals surface area contributed by atoms with E-state index in [4.69, 9.17) is 16.3 Å². The van der Waals surface area contributed by atoms with Crippen LogP contribution in [0.3, 0.4) is 0 Å². The lowest BCUT2D eigenvalue weighted by atomic mass is 10.2. The topological polar surface area (TPSA) is 48.3 Å². The van der Waals surface area contributed by atoms with E-state index < -0.39 is 5.56 Å². The van der Waals surface area contributed by atoms with Gasteiger partial charge in [0.05, 0.1) is 23.4 Å². The van der Waals surface area contributed by atoms with E-state index in [0.717, 1.165) is 0 Å². The van der Waals surface area contributed by atoms with Crippen LogP contribution in [0.4, 0.5) is 0 Å². The van der Waals surface area contributed by atoms with Crippen LogP contribution in [0.15, 0.2) is 41.3 Å². The number of methoxy groups -OCH3 is 1. The maximum Gasteiger partial charge on any atom is 0.267 e. The molecule has 0 unspecified atom stereocenters. The third-order valence-corrected chi connectivity index (χ3v) is 2.87. The smallest absolute Gasteiger partial charge is 0.267 e. The predicted octanol–water partition coefficient (Wildman–Crippen LogP) is 2.31. The molecule has 0 fully saturated rings. The lowest BCUT2D eigenvalue weighted by Crippen LogP contribution is -2.22. The minimum atomic E-state index is -0.470. The molecule has 0 amide bonds. The van der Waals surface area contributed by atoms with Crippen LogP contribution in [-0.4, -0.2) is 18.0 Å². The normalized spacial score (nSPS) is 10.1. The molecule has 0 atom stereocenters. The summed E-state index contributed by atoms with van der Waals surface area (Å²) in [6, 6.07) is 8.53. The summed E-state index contributed by atoms with van der Waals surface area (Å²) in [6.07, 6.45) is 1.96. The molecule has 1 heterocycles. The third-order valence-electron chi connectivity index (χ3n) is 2.54. The first-order valence-corrected chi connectivity index (χ1v) is 5.56. The molecule has 0 spiro atoms. The Hall–Kier alpha value is -2.07. The summed E-state index contributed by atoms with van der Waals surface area (Å²) >= 11 is 5.79. The van der Waals surface area contributed by atoms with Gasteiger partial charge in [0.1, 0.15) is 5.75 Å². The number of para-hydroxylation sites is 2. The Morgan fingerprint density at radius 2 is 2.00 bits per heavy atom. The zero-order chi connectivity index (χ0) is 13.1. The van der Waals surface area contributed by atoms with Gasteiger partial charge in [-0.2, -0.15) is 0 Å². The average molecular weight is 264 g/mol. The van der Waals surface area contributed by atoms with E-state index in [0.29, 0.717) is 17.7 Å². The standard InChI is InChI=1S/C13H10ClNO3/c1-18-12-5-3-2-4-11(12)15-7-6-10(14)9(8-16)13(15)17/h2-8H,1H3. The van der Waals surface area contributed by atoms with E-state index in [-0.39, 0.29) is 10.6 Å². The fourth-order valence-electron chi connectivity index (χ4n) is 1.65. The van der Waals surface area contributed by atoms with Crippen LogP contribution >= 0.6 is 11.6 Å². The molecule has 0 radical (unpaired) electrons. The second-order valence-electron chi connectivity index (χ2n) is 3.54. The van der Waals surface area contributed by atoms with Crippen molar-refractivity contribution in [3.8, 4) is 11.4 Å². The maximum atomic E-state index is 12.1. The van der Waals surface area contributed by atoms with E-state index >= 15 is 0 Å². The molecule has 0 N–H and O–H groups in total. The Balaban J connectivity index is 2.73. The van der Waals surface area contributed by atoms with Crippen LogP contribution in [0.25, 0.3) is 5.69 Å². The fraction of sp³-hybridized carbons (Fsp3) is 0.0769. The number of pyridine rings is 1. The quantitative estimate of drug-likeness (QED) is 0.799. The summed E-state index contributed by atoms with van der Waals surface area (Å²) in [6.45, 7) is 0. The Labute approximate surface area is 108 Å². The number of rotatable bonds is 3. The van der Waals surface area contributed by atoms with Gasteiger partial charge in [-0.25, -0.2) is 0 Å². The summed E-state index contributed by atoms with van der Waals surface area (Å²) in [4.78, 5) is 22.9. The van der Waals surface area contributed by atoms with Crippen molar-refractivity contribution in [3.05, 3.63) is 57.5 Å².